The lowest BCUT2D eigenvalue weighted by atomic mass is 9.75. The molecule has 1 aliphatic rings. The van der Waals surface area contributed by atoms with Crippen LogP contribution in [0.25, 0.3) is 0 Å². The standard InChI is InChI=1S/C13H23N3O4/c1-8(2)13(5-6-15-7-13)12(20)16-9(11(18)19)3-4-10(14)17/h8-9,15H,3-7H2,1-2H3,(H2,14,17)(H,16,20)(H,18,19)/t9-,13?/m0/s1. The summed E-state index contributed by atoms with van der Waals surface area (Å²) < 4.78 is 0. The van der Waals surface area contributed by atoms with Crippen LogP contribution < -0.4 is 16.4 Å². The Labute approximate surface area is 118 Å². The van der Waals surface area contributed by atoms with Gasteiger partial charge in [0.25, 0.3) is 0 Å². The second kappa shape index (κ2) is 6.69. The zero-order valence-corrected chi connectivity index (χ0v) is 11.9. The van der Waals surface area contributed by atoms with Gasteiger partial charge in [-0.3, -0.25) is 9.59 Å². The van der Waals surface area contributed by atoms with E-state index in [0.29, 0.717) is 13.0 Å². The largest absolute Gasteiger partial charge is 0.480 e. The molecule has 1 fully saturated rings. The molecule has 114 valence electrons. The van der Waals surface area contributed by atoms with Gasteiger partial charge in [0.05, 0.1) is 5.41 Å². The van der Waals surface area contributed by atoms with E-state index in [-0.39, 0.29) is 24.7 Å². The molecule has 0 spiro atoms. The van der Waals surface area contributed by atoms with E-state index in [1.54, 1.807) is 0 Å². The number of nitrogens with one attached hydrogen (secondary N) is 2. The molecule has 1 unspecified atom stereocenters. The van der Waals surface area contributed by atoms with Gasteiger partial charge in [0.2, 0.25) is 11.8 Å². The van der Waals surface area contributed by atoms with E-state index in [1.165, 1.54) is 0 Å². The van der Waals surface area contributed by atoms with E-state index < -0.39 is 23.3 Å². The van der Waals surface area contributed by atoms with E-state index in [2.05, 4.69) is 10.6 Å². The van der Waals surface area contributed by atoms with Gasteiger partial charge in [-0.1, -0.05) is 13.8 Å². The van der Waals surface area contributed by atoms with Crippen LogP contribution in [-0.4, -0.2) is 42.0 Å². The minimum absolute atomic E-state index is 0.0119. The van der Waals surface area contributed by atoms with Gasteiger partial charge in [-0.05, 0) is 25.3 Å². The first-order valence-corrected chi connectivity index (χ1v) is 6.82. The normalized spacial score (nSPS) is 23.6. The number of hydrogen-bond donors (Lipinski definition) is 4. The smallest absolute Gasteiger partial charge is 0.326 e. The number of carbonyl (C=O) groups is 3. The molecule has 7 nitrogen and oxygen atoms in total. The van der Waals surface area contributed by atoms with E-state index in [4.69, 9.17) is 10.8 Å². The average Bonchev–Trinajstić information content (AvgIpc) is 2.83. The number of hydrogen-bond acceptors (Lipinski definition) is 4. The first-order valence-electron chi connectivity index (χ1n) is 6.82. The van der Waals surface area contributed by atoms with Gasteiger partial charge in [0.15, 0.2) is 0 Å². The third-order valence-electron chi connectivity index (χ3n) is 4.03. The Hall–Kier alpha value is -1.63. The molecule has 2 amide bonds. The highest BCUT2D eigenvalue weighted by atomic mass is 16.4. The molecule has 0 aromatic carbocycles. The van der Waals surface area contributed by atoms with Crippen LogP contribution in [-0.2, 0) is 14.4 Å². The monoisotopic (exact) mass is 285 g/mol. The minimum atomic E-state index is -1.15. The molecule has 1 aliphatic heterocycles. The number of aliphatic carboxylic acids is 1. The van der Waals surface area contributed by atoms with Crippen LogP contribution in [0.5, 0.6) is 0 Å². The molecule has 0 aliphatic carbocycles. The van der Waals surface area contributed by atoms with Crippen molar-refractivity contribution in [1.82, 2.24) is 10.6 Å². The molecule has 7 heteroatoms. The predicted octanol–water partition coefficient (Wildman–Crippen LogP) is -0.543. The fourth-order valence-electron chi connectivity index (χ4n) is 2.51. The highest BCUT2D eigenvalue weighted by molar-refractivity contribution is 5.88. The lowest BCUT2D eigenvalue weighted by Gasteiger charge is -2.32. The van der Waals surface area contributed by atoms with Crippen LogP contribution in [0.4, 0.5) is 0 Å². The van der Waals surface area contributed by atoms with E-state index in [9.17, 15) is 14.4 Å². The average molecular weight is 285 g/mol. The minimum Gasteiger partial charge on any atom is -0.480 e. The van der Waals surface area contributed by atoms with Crippen molar-refractivity contribution in [2.75, 3.05) is 13.1 Å². The van der Waals surface area contributed by atoms with Crippen molar-refractivity contribution in [3.63, 3.8) is 0 Å². The number of carboxylic acids is 1. The van der Waals surface area contributed by atoms with Gasteiger partial charge < -0.3 is 21.5 Å². The van der Waals surface area contributed by atoms with Crippen LogP contribution in [0.2, 0.25) is 0 Å². The third-order valence-corrected chi connectivity index (χ3v) is 4.03. The number of carboxylic acid groups (broad SMARTS) is 1. The second-order valence-corrected chi connectivity index (χ2v) is 5.61. The Morgan fingerprint density at radius 3 is 2.45 bits per heavy atom. The maximum absolute atomic E-state index is 12.4. The van der Waals surface area contributed by atoms with Gasteiger partial charge in [-0.2, -0.15) is 0 Å². The van der Waals surface area contributed by atoms with Gasteiger partial charge in [0, 0.05) is 13.0 Å². The summed E-state index contributed by atoms with van der Waals surface area (Å²) in [5.74, 6) is -1.89. The lowest BCUT2D eigenvalue weighted by molar-refractivity contribution is -0.144. The zero-order chi connectivity index (χ0) is 15.3. The van der Waals surface area contributed by atoms with Gasteiger partial charge in [-0.15, -0.1) is 0 Å². The maximum atomic E-state index is 12.4. The van der Waals surface area contributed by atoms with Crippen molar-refractivity contribution in [1.29, 1.82) is 0 Å². The van der Waals surface area contributed by atoms with Crippen LogP contribution in [0.15, 0.2) is 0 Å². The molecule has 1 rings (SSSR count). The van der Waals surface area contributed by atoms with Gasteiger partial charge in [0.1, 0.15) is 6.04 Å². The second-order valence-electron chi connectivity index (χ2n) is 5.61. The third kappa shape index (κ3) is 3.69. The summed E-state index contributed by atoms with van der Waals surface area (Å²) in [5, 5.41) is 14.8. The van der Waals surface area contributed by atoms with E-state index in [1.807, 2.05) is 13.8 Å². The Bertz CT molecular complexity index is 389. The quantitative estimate of drug-likeness (QED) is 0.500. The fraction of sp³-hybridized carbons (Fsp3) is 0.769. The summed E-state index contributed by atoms with van der Waals surface area (Å²) in [6.45, 7) is 5.18. The Morgan fingerprint density at radius 2 is 2.05 bits per heavy atom. The first kappa shape index (κ1) is 16.4. The fourth-order valence-corrected chi connectivity index (χ4v) is 2.51. The Kier molecular flexibility index (Phi) is 5.50. The summed E-state index contributed by atoms with van der Waals surface area (Å²) in [4.78, 5) is 34.3. The number of rotatable bonds is 7. The molecule has 0 bridgehead atoms. The molecule has 0 aromatic heterocycles. The topological polar surface area (TPSA) is 122 Å². The SMILES string of the molecule is CC(C)C1(C(=O)N[C@@H](CCC(N)=O)C(=O)O)CCNC1. The summed E-state index contributed by atoms with van der Waals surface area (Å²) >= 11 is 0. The summed E-state index contributed by atoms with van der Waals surface area (Å²) in [7, 11) is 0. The zero-order valence-electron chi connectivity index (χ0n) is 11.9. The molecular formula is C13H23N3O4. The van der Waals surface area contributed by atoms with Crippen molar-refractivity contribution in [3.8, 4) is 0 Å². The van der Waals surface area contributed by atoms with Crippen molar-refractivity contribution >= 4 is 17.8 Å². The van der Waals surface area contributed by atoms with Crippen LogP contribution in [0.3, 0.4) is 0 Å². The van der Waals surface area contributed by atoms with Crippen molar-refractivity contribution < 1.29 is 19.5 Å². The highest BCUT2D eigenvalue weighted by Gasteiger charge is 2.44. The van der Waals surface area contributed by atoms with Gasteiger partial charge in [-0.25, -0.2) is 4.79 Å². The van der Waals surface area contributed by atoms with Crippen molar-refractivity contribution in [2.24, 2.45) is 17.1 Å². The Balaban J connectivity index is 2.74. The molecule has 0 radical (unpaired) electrons. The maximum Gasteiger partial charge on any atom is 0.326 e. The van der Waals surface area contributed by atoms with E-state index >= 15 is 0 Å². The van der Waals surface area contributed by atoms with Crippen molar-refractivity contribution in [3.05, 3.63) is 0 Å². The molecule has 1 heterocycles. The molecule has 0 aromatic rings. The predicted molar refractivity (Wildman–Crippen MR) is 72.8 cm³/mol. The summed E-state index contributed by atoms with van der Waals surface area (Å²) in [6.07, 6.45) is 0.626. The van der Waals surface area contributed by atoms with Crippen LogP contribution in [0.1, 0.15) is 33.1 Å². The number of carbonyl (C=O) groups excluding carboxylic acids is 2. The molecule has 1 saturated heterocycles. The molecule has 20 heavy (non-hydrogen) atoms. The Morgan fingerprint density at radius 1 is 1.40 bits per heavy atom. The summed E-state index contributed by atoms with van der Waals surface area (Å²) in [6, 6.07) is -1.08. The van der Waals surface area contributed by atoms with Crippen LogP contribution in [0, 0.1) is 11.3 Å². The van der Waals surface area contributed by atoms with Crippen molar-refractivity contribution in [2.45, 2.75) is 39.2 Å². The molecule has 0 saturated carbocycles. The summed E-state index contributed by atoms with van der Waals surface area (Å²) in [5.41, 5.74) is 4.43. The molecule has 2 atom stereocenters. The van der Waals surface area contributed by atoms with E-state index in [0.717, 1.165) is 6.54 Å². The molecule has 5 N–H and O–H groups in total. The number of primary amides is 1. The lowest BCUT2D eigenvalue weighted by Crippen LogP contribution is -2.51. The molecular weight excluding hydrogens is 262 g/mol. The van der Waals surface area contributed by atoms with Gasteiger partial charge >= 0.3 is 5.97 Å². The number of nitrogens with two attached hydrogens (primary N) is 1. The van der Waals surface area contributed by atoms with Crippen LogP contribution >= 0.6 is 0 Å². The first-order chi connectivity index (χ1) is 9.29. The highest BCUT2D eigenvalue weighted by Crippen LogP contribution is 2.34. The number of amides is 2.